The van der Waals surface area contributed by atoms with Gasteiger partial charge in [-0.15, -0.1) is 22.7 Å². The van der Waals surface area contributed by atoms with Crippen LogP contribution in [0.15, 0.2) is 29.6 Å². The van der Waals surface area contributed by atoms with Crippen molar-refractivity contribution >= 4 is 40.3 Å². The van der Waals surface area contributed by atoms with Gasteiger partial charge in [0.1, 0.15) is 0 Å². The summed E-state index contributed by atoms with van der Waals surface area (Å²) in [6.45, 7) is 8.49. The number of hydrogen-bond donors (Lipinski definition) is 1. The van der Waals surface area contributed by atoms with E-state index < -0.39 is 0 Å². The quantitative estimate of drug-likeness (QED) is 0.713. The van der Waals surface area contributed by atoms with Crippen molar-refractivity contribution in [2.24, 2.45) is 5.92 Å². The first-order valence-corrected chi connectivity index (χ1v) is 12.5. The highest BCUT2D eigenvalue weighted by Gasteiger charge is 2.24. The zero-order valence-electron chi connectivity index (χ0n) is 16.7. The maximum atomic E-state index is 12.6. The highest BCUT2D eigenvalue weighted by atomic mass is 35.5. The summed E-state index contributed by atoms with van der Waals surface area (Å²) in [6.07, 6.45) is 2.34. The molecule has 5 nitrogen and oxygen atoms in total. The van der Waals surface area contributed by atoms with Crippen molar-refractivity contribution in [3.05, 3.63) is 43.7 Å². The standard InChI is InChI=1S/C21H29ClN4OS2/c22-20-4-3-19(29-20)16-25-9-11-26(12-10-25)21(27)23-14-17-5-7-24(8-6-17)15-18-2-1-13-28-18/h1-4,13,17H,5-12,14-16H2,(H,23,27). The maximum absolute atomic E-state index is 12.6. The average molecular weight is 453 g/mol. The first kappa shape index (κ1) is 21.1. The van der Waals surface area contributed by atoms with Crippen LogP contribution in [0.2, 0.25) is 4.34 Å². The van der Waals surface area contributed by atoms with Crippen molar-refractivity contribution in [2.75, 3.05) is 45.8 Å². The first-order valence-electron chi connectivity index (χ1n) is 10.4. The molecule has 29 heavy (non-hydrogen) atoms. The van der Waals surface area contributed by atoms with Gasteiger partial charge in [0.15, 0.2) is 0 Å². The van der Waals surface area contributed by atoms with Crippen molar-refractivity contribution in [3.63, 3.8) is 0 Å². The van der Waals surface area contributed by atoms with Crippen molar-refractivity contribution in [1.82, 2.24) is 20.0 Å². The maximum Gasteiger partial charge on any atom is 0.317 e. The molecule has 2 aromatic heterocycles. The normalized spacial score (nSPS) is 19.6. The fourth-order valence-corrected chi connectivity index (χ4v) is 5.96. The van der Waals surface area contributed by atoms with Crippen molar-refractivity contribution < 1.29 is 4.79 Å². The Kier molecular flexibility index (Phi) is 7.48. The summed E-state index contributed by atoms with van der Waals surface area (Å²) in [7, 11) is 0. The molecule has 0 aliphatic carbocycles. The van der Waals surface area contributed by atoms with Gasteiger partial charge < -0.3 is 10.2 Å². The zero-order valence-corrected chi connectivity index (χ0v) is 19.1. The number of piperazine rings is 1. The van der Waals surface area contributed by atoms with E-state index in [4.69, 9.17) is 11.6 Å². The highest BCUT2D eigenvalue weighted by Crippen LogP contribution is 2.23. The molecule has 0 atom stereocenters. The molecule has 2 fully saturated rings. The lowest BCUT2D eigenvalue weighted by Crippen LogP contribution is -2.52. The Hall–Kier alpha value is -1.12. The monoisotopic (exact) mass is 452 g/mol. The summed E-state index contributed by atoms with van der Waals surface area (Å²) in [4.78, 5) is 22.2. The van der Waals surface area contributed by atoms with Gasteiger partial charge in [-0.25, -0.2) is 4.79 Å². The third-order valence-corrected chi connectivity index (χ3v) is 7.95. The number of halogens is 1. The molecule has 158 valence electrons. The fraction of sp³-hybridized carbons (Fsp3) is 0.571. The SMILES string of the molecule is O=C(NCC1CCN(Cc2cccs2)CC1)N1CCN(Cc2ccc(Cl)s2)CC1. The number of carbonyl (C=O) groups excluding carboxylic acids is 1. The lowest BCUT2D eigenvalue weighted by Gasteiger charge is -2.35. The van der Waals surface area contributed by atoms with Crippen LogP contribution in [0.4, 0.5) is 4.79 Å². The summed E-state index contributed by atoms with van der Waals surface area (Å²) >= 11 is 9.49. The van der Waals surface area contributed by atoms with E-state index >= 15 is 0 Å². The van der Waals surface area contributed by atoms with Gasteiger partial charge in [-0.3, -0.25) is 9.80 Å². The first-order chi connectivity index (χ1) is 14.2. The van der Waals surface area contributed by atoms with E-state index in [9.17, 15) is 4.79 Å². The van der Waals surface area contributed by atoms with E-state index in [1.165, 1.54) is 22.6 Å². The van der Waals surface area contributed by atoms with E-state index in [1.807, 2.05) is 22.3 Å². The lowest BCUT2D eigenvalue weighted by atomic mass is 9.97. The number of nitrogens with one attached hydrogen (secondary N) is 1. The molecule has 2 amide bonds. The molecule has 4 heterocycles. The number of carbonyl (C=O) groups is 1. The van der Waals surface area contributed by atoms with Crippen LogP contribution in [-0.2, 0) is 13.1 Å². The Bertz CT molecular complexity index is 766. The predicted molar refractivity (Wildman–Crippen MR) is 122 cm³/mol. The Balaban J connectivity index is 1.12. The second-order valence-electron chi connectivity index (χ2n) is 7.95. The van der Waals surface area contributed by atoms with Crippen LogP contribution < -0.4 is 5.32 Å². The number of amides is 2. The van der Waals surface area contributed by atoms with Gasteiger partial charge in [0.25, 0.3) is 0 Å². The Labute approximate surface area is 186 Å². The van der Waals surface area contributed by atoms with Gasteiger partial charge in [-0.1, -0.05) is 17.7 Å². The molecule has 0 unspecified atom stereocenters. The predicted octanol–water partition coefficient (Wildman–Crippen LogP) is 4.20. The minimum absolute atomic E-state index is 0.102. The zero-order chi connectivity index (χ0) is 20.1. The Morgan fingerprint density at radius 2 is 1.72 bits per heavy atom. The molecular weight excluding hydrogens is 424 g/mol. The largest absolute Gasteiger partial charge is 0.338 e. The van der Waals surface area contributed by atoms with Crippen LogP contribution >= 0.6 is 34.3 Å². The van der Waals surface area contributed by atoms with Gasteiger partial charge >= 0.3 is 6.03 Å². The van der Waals surface area contributed by atoms with E-state index in [0.29, 0.717) is 5.92 Å². The number of rotatable bonds is 6. The molecular formula is C21H29ClN4OS2. The van der Waals surface area contributed by atoms with Gasteiger partial charge in [0, 0.05) is 55.6 Å². The molecule has 0 bridgehead atoms. The van der Waals surface area contributed by atoms with Gasteiger partial charge in [-0.2, -0.15) is 0 Å². The third kappa shape index (κ3) is 6.18. The number of likely N-dealkylation sites (tertiary alicyclic amines) is 1. The Morgan fingerprint density at radius 1 is 1.00 bits per heavy atom. The average Bonchev–Trinajstić information content (AvgIpc) is 3.39. The molecule has 0 saturated carbocycles. The minimum atomic E-state index is 0.102. The van der Waals surface area contributed by atoms with Crippen molar-refractivity contribution in [3.8, 4) is 0 Å². The van der Waals surface area contributed by atoms with E-state index in [1.54, 1.807) is 11.3 Å². The van der Waals surface area contributed by atoms with E-state index in [-0.39, 0.29) is 6.03 Å². The molecule has 4 rings (SSSR count). The summed E-state index contributed by atoms with van der Waals surface area (Å²) in [6, 6.07) is 8.49. The molecule has 2 aromatic rings. The van der Waals surface area contributed by atoms with Crippen LogP contribution in [-0.4, -0.2) is 66.5 Å². The second-order valence-corrected chi connectivity index (χ2v) is 10.8. The van der Waals surface area contributed by atoms with Gasteiger partial charge in [0.2, 0.25) is 0 Å². The van der Waals surface area contributed by atoms with Crippen LogP contribution in [0.1, 0.15) is 22.6 Å². The molecule has 0 aromatic carbocycles. The number of thiophene rings is 2. The molecule has 8 heteroatoms. The second kappa shape index (κ2) is 10.3. The van der Waals surface area contributed by atoms with Crippen LogP contribution in [0.25, 0.3) is 0 Å². The summed E-state index contributed by atoms with van der Waals surface area (Å²) in [5.41, 5.74) is 0. The smallest absolute Gasteiger partial charge is 0.317 e. The number of nitrogens with zero attached hydrogens (tertiary/aromatic N) is 3. The lowest BCUT2D eigenvalue weighted by molar-refractivity contribution is 0.132. The minimum Gasteiger partial charge on any atom is -0.338 e. The summed E-state index contributed by atoms with van der Waals surface area (Å²) < 4.78 is 0.843. The molecule has 0 radical (unpaired) electrons. The fourth-order valence-electron chi connectivity index (χ4n) is 4.08. The molecule has 1 N–H and O–H groups in total. The highest BCUT2D eigenvalue weighted by molar-refractivity contribution is 7.16. The molecule has 2 aliphatic heterocycles. The topological polar surface area (TPSA) is 38.8 Å². The number of hydrogen-bond acceptors (Lipinski definition) is 5. The van der Waals surface area contributed by atoms with E-state index in [2.05, 4.69) is 38.7 Å². The van der Waals surface area contributed by atoms with Gasteiger partial charge in [-0.05, 0) is 55.4 Å². The van der Waals surface area contributed by atoms with Gasteiger partial charge in [0.05, 0.1) is 4.34 Å². The third-order valence-electron chi connectivity index (χ3n) is 5.88. The number of urea groups is 1. The number of piperidine rings is 1. The molecule has 2 saturated heterocycles. The van der Waals surface area contributed by atoms with E-state index in [0.717, 1.165) is 63.2 Å². The van der Waals surface area contributed by atoms with Crippen LogP contribution in [0.5, 0.6) is 0 Å². The summed E-state index contributed by atoms with van der Waals surface area (Å²) in [5.74, 6) is 0.600. The Morgan fingerprint density at radius 3 is 2.38 bits per heavy atom. The van der Waals surface area contributed by atoms with Crippen LogP contribution in [0.3, 0.4) is 0 Å². The molecule has 0 spiro atoms. The molecule has 2 aliphatic rings. The van der Waals surface area contributed by atoms with Crippen LogP contribution in [0, 0.1) is 5.92 Å². The summed E-state index contributed by atoms with van der Waals surface area (Å²) in [5, 5.41) is 5.34. The van der Waals surface area contributed by atoms with Crippen molar-refractivity contribution in [1.29, 1.82) is 0 Å². The van der Waals surface area contributed by atoms with Crippen molar-refractivity contribution in [2.45, 2.75) is 25.9 Å².